The van der Waals surface area contributed by atoms with Crippen LogP contribution in [0.4, 0.5) is 10.5 Å². The van der Waals surface area contributed by atoms with Crippen molar-refractivity contribution >= 4 is 68.9 Å². The third-order valence-corrected chi connectivity index (χ3v) is 6.52. The molecule has 1 aliphatic rings. The Hall–Kier alpha value is -3.01. The number of hydrogen-bond acceptors (Lipinski definition) is 6. The number of urea groups is 1. The van der Waals surface area contributed by atoms with Crippen LogP contribution in [0.3, 0.4) is 0 Å². The molecule has 2 aromatic carbocycles. The van der Waals surface area contributed by atoms with Crippen LogP contribution in [0.15, 0.2) is 79.0 Å². The van der Waals surface area contributed by atoms with E-state index < -0.39 is 17.8 Å². The van der Waals surface area contributed by atoms with Gasteiger partial charge in [-0.1, -0.05) is 23.4 Å². The molecule has 4 amide bonds. The van der Waals surface area contributed by atoms with Crippen molar-refractivity contribution in [3.8, 4) is 5.75 Å². The van der Waals surface area contributed by atoms with Crippen molar-refractivity contribution in [2.45, 2.75) is 9.99 Å². The number of nitrogens with zero attached hydrogens (tertiary/aromatic N) is 1. The summed E-state index contributed by atoms with van der Waals surface area (Å²) in [7, 11) is 1.51. The number of carbonyl (C=O) groups excluding carboxylic acids is 3. The highest BCUT2D eigenvalue weighted by Gasteiger charge is 2.37. The van der Waals surface area contributed by atoms with Crippen LogP contribution in [0, 0.1) is 0 Å². The van der Waals surface area contributed by atoms with E-state index in [1.54, 1.807) is 42.5 Å². The van der Waals surface area contributed by atoms with Gasteiger partial charge in [0, 0.05) is 9.92 Å². The highest BCUT2D eigenvalue weighted by atomic mass is 79.9. The van der Waals surface area contributed by atoms with E-state index in [0.717, 1.165) is 9.80 Å². The Balaban J connectivity index is 1.62. The Morgan fingerprint density at radius 3 is 2.44 bits per heavy atom. The maximum Gasteiger partial charge on any atom is 0.335 e. The quantitative estimate of drug-likeness (QED) is 0.343. The highest BCUT2D eigenvalue weighted by molar-refractivity contribution is 9.10. The van der Waals surface area contributed by atoms with Crippen molar-refractivity contribution in [1.82, 2.24) is 5.32 Å². The summed E-state index contributed by atoms with van der Waals surface area (Å²) < 4.78 is 11.5. The second kappa shape index (κ2) is 9.23. The van der Waals surface area contributed by atoms with Gasteiger partial charge in [0.1, 0.15) is 17.1 Å². The minimum absolute atomic E-state index is 0.232. The molecule has 1 N–H and O–H groups in total. The minimum Gasteiger partial charge on any atom is -0.497 e. The van der Waals surface area contributed by atoms with Crippen LogP contribution in [0.5, 0.6) is 5.75 Å². The fraction of sp³-hybridized carbons (Fsp3) is 0.0455. The summed E-state index contributed by atoms with van der Waals surface area (Å²) in [6.45, 7) is 0. The molecule has 0 atom stereocenters. The second-order valence-electron chi connectivity index (χ2n) is 6.50. The Morgan fingerprint density at radius 1 is 1.09 bits per heavy atom. The number of anilines is 1. The van der Waals surface area contributed by atoms with Crippen LogP contribution in [-0.4, -0.2) is 25.0 Å². The van der Waals surface area contributed by atoms with Gasteiger partial charge in [-0.3, -0.25) is 14.9 Å². The molecule has 0 radical (unpaired) electrons. The van der Waals surface area contributed by atoms with Gasteiger partial charge in [0.15, 0.2) is 5.09 Å². The van der Waals surface area contributed by atoms with E-state index in [1.807, 2.05) is 12.1 Å². The zero-order valence-corrected chi connectivity index (χ0v) is 19.6. The van der Waals surface area contributed by atoms with Gasteiger partial charge in [0.25, 0.3) is 11.8 Å². The average molecular weight is 534 g/mol. The van der Waals surface area contributed by atoms with Gasteiger partial charge < -0.3 is 9.15 Å². The molecule has 0 aliphatic carbocycles. The molecule has 3 aromatic rings. The van der Waals surface area contributed by atoms with Crippen molar-refractivity contribution in [1.29, 1.82) is 0 Å². The zero-order chi connectivity index (χ0) is 22.8. The number of hydrogen-bond donors (Lipinski definition) is 1. The summed E-state index contributed by atoms with van der Waals surface area (Å²) in [5, 5.41) is 3.33. The molecule has 1 aliphatic heterocycles. The van der Waals surface area contributed by atoms with E-state index >= 15 is 0 Å². The Kier molecular flexibility index (Phi) is 6.40. The molecule has 10 heteroatoms. The molecule has 0 bridgehead atoms. The van der Waals surface area contributed by atoms with Crippen molar-refractivity contribution in [2.75, 3.05) is 12.0 Å². The number of rotatable bonds is 5. The van der Waals surface area contributed by atoms with Gasteiger partial charge in [0.2, 0.25) is 0 Å². The van der Waals surface area contributed by atoms with Gasteiger partial charge in [0.05, 0.1) is 17.3 Å². The van der Waals surface area contributed by atoms with Crippen molar-refractivity contribution in [3.63, 3.8) is 0 Å². The summed E-state index contributed by atoms with van der Waals surface area (Å²) in [6, 6.07) is 14.3. The van der Waals surface area contributed by atoms with Crippen molar-refractivity contribution in [3.05, 3.63) is 75.4 Å². The van der Waals surface area contributed by atoms with E-state index in [-0.39, 0.29) is 11.3 Å². The van der Waals surface area contributed by atoms with Crippen LogP contribution < -0.4 is 15.0 Å². The molecule has 162 valence electrons. The predicted molar refractivity (Wildman–Crippen MR) is 124 cm³/mol. The van der Waals surface area contributed by atoms with Crippen LogP contribution >= 0.6 is 39.3 Å². The molecule has 1 aromatic heterocycles. The first-order chi connectivity index (χ1) is 15.4. The van der Waals surface area contributed by atoms with Gasteiger partial charge in [-0.25, -0.2) is 9.69 Å². The molecule has 32 heavy (non-hydrogen) atoms. The molecule has 2 heterocycles. The summed E-state index contributed by atoms with van der Waals surface area (Å²) in [5.74, 6) is -0.722. The zero-order valence-electron chi connectivity index (χ0n) is 16.4. The normalized spacial score (nSPS) is 15.3. The summed E-state index contributed by atoms with van der Waals surface area (Å²) in [4.78, 5) is 39.5. The molecule has 0 saturated carbocycles. The highest BCUT2D eigenvalue weighted by Crippen LogP contribution is 2.37. The Labute approximate surface area is 200 Å². The first-order valence-corrected chi connectivity index (χ1v) is 11.1. The number of imide groups is 2. The predicted octanol–water partition coefficient (Wildman–Crippen LogP) is 5.52. The van der Waals surface area contributed by atoms with Crippen LogP contribution in [0.2, 0.25) is 5.02 Å². The number of nitrogens with one attached hydrogen (secondary N) is 1. The number of barbiturate groups is 1. The Morgan fingerprint density at radius 2 is 1.78 bits per heavy atom. The summed E-state index contributed by atoms with van der Waals surface area (Å²) in [6.07, 6.45) is 1.30. The van der Waals surface area contributed by atoms with Crippen molar-refractivity contribution in [2.24, 2.45) is 0 Å². The first-order valence-electron chi connectivity index (χ1n) is 9.14. The third-order valence-electron chi connectivity index (χ3n) is 4.42. The molecule has 7 nitrogen and oxygen atoms in total. The second-order valence-corrected chi connectivity index (χ2v) is 8.83. The maximum atomic E-state index is 13.0. The molecule has 4 rings (SSSR count). The van der Waals surface area contributed by atoms with Crippen LogP contribution in [0.25, 0.3) is 6.08 Å². The topological polar surface area (TPSA) is 88.8 Å². The summed E-state index contributed by atoms with van der Waals surface area (Å²) in [5.41, 5.74) is 0.0658. The number of ether oxygens (including phenoxy) is 1. The number of halogens is 2. The molecule has 1 saturated heterocycles. The standard InChI is InChI=1S/C22H14BrClN2O5S/c1-30-14-6-4-13(5-7-14)26-20(28)17(19(27)25-22(26)29)10-15-11-18(23)21(31-15)32-16-8-2-12(24)3-9-16/h2-11H,1H3,(H,25,27,29)/b17-10+. The molecular formula is C22H14BrClN2O5S. The van der Waals surface area contributed by atoms with Gasteiger partial charge in [-0.05, 0) is 76.6 Å². The monoisotopic (exact) mass is 532 g/mol. The van der Waals surface area contributed by atoms with Crippen LogP contribution in [-0.2, 0) is 9.59 Å². The van der Waals surface area contributed by atoms with Gasteiger partial charge in [-0.2, -0.15) is 0 Å². The number of methoxy groups -OCH3 is 1. The van der Waals surface area contributed by atoms with E-state index in [9.17, 15) is 14.4 Å². The van der Waals surface area contributed by atoms with Crippen LogP contribution in [0.1, 0.15) is 5.76 Å². The van der Waals surface area contributed by atoms with E-state index in [1.165, 1.54) is 24.9 Å². The van der Waals surface area contributed by atoms with E-state index in [0.29, 0.717) is 26.0 Å². The summed E-state index contributed by atoms with van der Waals surface area (Å²) >= 11 is 10.7. The maximum absolute atomic E-state index is 13.0. The first kappa shape index (κ1) is 22.2. The smallest absolute Gasteiger partial charge is 0.335 e. The lowest BCUT2D eigenvalue weighted by Gasteiger charge is -2.26. The van der Waals surface area contributed by atoms with Gasteiger partial charge >= 0.3 is 6.03 Å². The lowest BCUT2D eigenvalue weighted by molar-refractivity contribution is -0.122. The van der Waals surface area contributed by atoms with E-state index in [2.05, 4.69) is 21.2 Å². The average Bonchev–Trinajstić information content (AvgIpc) is 3.12. The largest absolute Gasteiger partial charge is 0.497 e. The number of furan rings is 1. The van der Waals surface area contributed by atoms with E-state index in [4.69, 9.17) is 20.8 Å². The SMILES string of the molecule is COc1ccc(N2C(=O)NC(=O)/C(=C\c3cc(Br)c(Sc4ccc(Cl)cc4)o3)C2=O)cc1. The fourth-order valence-corrected chi connectivity index (χ4v) is 4.34. The number of amides is 4. The van der Waals surface area contributed by atoms with Crippen molar-refractivity contribution < 1.29 is 23.5 Å². The molecule has 0 spiro atoms. The number of carbonyl (C=O) groups is 3. The lowest BCUT2D eigenvalue weighted by Crippen LogP contribution is -2.54. The molecule has 1 fully saturated rings. The van der Waals surface area contributed by atoms with Gasteiger partial charge in [-0.15, -0.1) is 0 Å². The minimum atomic E-state index is -0.832. The lowest BCUT2D eigenvalue weighted by atomic mass is 10.1. The molecular weight excluding hydrogens is 520 g/mol. The number of benzene rings is 2. The fourth-order valence-electron chi connectivity index (χ4n) is 2.88. The Bertz CT molecular complexity index is 1240. The third kappa shape index (κ3) is 4.59. The molecule has 0 unspecified atom stereocenters.